The number of halogens is 1. The fraction of sp³-hybridized carbons (Fsp3) is 0.564. The number of aromatic nitrogens is 2. The van der Waals surface area contributed by atoms with Gasteiger partial charge in [-0.15, -0.1) is 6.42 Å². The van der Waals surface area contributed by atoms with E-state index in [4.69, 9.17) is 46.9 Å². The van der Waals surface area contributed by atoms with Gasteiger partial charge in [0.25, 0.3) is 0 Å². The topological polar surface area (TPSA) is 161 Å². The van der Waals surface area contributed by atoms with Crippen molar-refractivity contribution in [1.82, 2.24) is 15.3 Å². The number of aliphatic hydroxyl groups is 1. The van der Waals surface area contributed by atoms with E-state index in [-0.39, 0.29) is 35.6 Å². The number of Topliss-reactive ketones (excluding diaryl/α,β-unsaturated/α-hetero) is 1. The summed E-state index contributed by atoms with van der Waals surface area (Å²) in [7, 11) is -3.62. The maximum absolute atomic E-state index is 14.2. The Morgan fingerprint density at radius 1 is 1.00 bits per heavy atom. The number of pyridine rings is 2. The van der Waals surface area contributed by atoms with Crippen LogP contribution < -0.4 is 14.9 Å². The Morgan fingerprint density at radius 3 is 2.43 bits per heavy atom. The Balaban J connectivity index is 1.18. The van der Waals surface area contributed by atoms with Crippen molar-refractivity contribution < 1.29 is 37.3 Å². The van der Waals surface area contributed by atoms with E-state index in [0.717, 1.165) is 59.9 Å². The highest BCUT2D eigenvalue weighted by Crippen LogP contribution is 2.40. The first-order valence-electron chi connectivity index (χ1n) is 18.5. The number of aliphatic hydroxyl groups excluding tert-OH is 1. The van der Waals surface area contributed by atoms with Crippen LogP contribution in [0.3, 0.4) is 0 Å². The summed E-state index contributed by atoms with van der Waals surface area (Å²) < 4.78 is 48.5. The number of anilines is 2. The Labute approximate surface area is 323 Å². The number of nitrogens with one attached hydrogen (secondary N) is 2. The molecule has 1 aliphatic heterocycles. The molecule has 0 amide bonds. The van der Waals surface area contributed by atoms with E-state index in [0.29, 0.717) is 77.3 Å². The minimum atomic E-state index is -3.62. The number of β-amino-alcohol motifs (C(OH)–C–C–N with tert-alkyl or cyclic N) is 1. The number of ketones is 1. The highest BCUT2D eigenvalue weighted by atomic mass is 35.5. The van der Waals surface area contributed by atoms with Crippen LogP contribution in [-0.2, 0) is 29.0 Å². The predicted octanol–water partition coefficient (Wildman–Crippen LogP) is 4.35. The fourth-order valence-corrected chi connectivity index (χ4v) is 7.90. The van der Waals surface area contributed by atoms with Crippen molar-refractivity contribution in [3.05, 3.63) is 58.4 Å². The lowest BCUT2D eigenvalue weighted by atomic mass is 9.79. The summed E-state index contributed by atoms with van der Waals surface area (Å²) >= 11 is 6.31. The van der Waals surface area contributed by atoms with E-state index in [1.54, 1.807) is 12.1 Å². The van der Waals surface area contributed by atoms with Gasteiger partial charge in [0, 0.05) is 59.3 Å². The van der Waals surface area contributed by atoms with Gasteiger partial charge in [-0.1, -0.05) is 36.8 Å². The molecule has 13 nitrogen and oxygen atoms in total. The van der Waals surface area contributed by atoms with Crippen LogP contribution in [0.1, 0.15) is 59.6 Å². The maximum Gasteiger partial charge on any atom is 0.229 e. The number of hydrogen-bond acceptors (Lipinski definition) is 12. The molecule has 0 spiro atoms. The van der Waals surface area contributed by atoms with Crippen LogP contribution in [0.4, 0.5) is 11.5 Å². The molecule has 15 heteroatoms. The molecule has 0 bridgehead atoms. The fourth-order valence-electron chi connectivity index (χ4n) is 7.15. The Kier molecular flexibility index (Phi) is 15.9. The molecule has 54 heavy (non-hydrogen) atoms. The normalized spacial score (nSPS) is 20.5. The van der Waals surface area contributed by atoms with E-state index in [1.807, 2.05) is 19.2 Å². The Bertz CT molecular complexity index is 1860. The number of carbonyl (C=O) groups is 1. The monoisotopic (exact) mass is 785 g/mol. The van der Waals surface area contributed by atoms with Gasteiger partial charge >= 0.3 is 0 Å². The zero-order valence-corrected chi connectivity index (χ0v) is 32.7. The molecule has 294 valence electrons. The molecular formula is C39H52ClN5O8S. The standard InChI is InChI=1S/C39H52ClN5O8S/c1-4-13-50-15-17-52-19-20-53-18-16-51-14-12-41-36-25-45(26-37(36)46)39-27(2)21-28-24-42-35(23-34(28)43-39)30-8-6-5-7-9-31(30)38(47)32-22-29(40)10-11-33(32)44-54(3,48)49/h1,10-11,21-24,30-31,36-37,41,44,46H,5-9,12-20,25-26H2,2-3H3/t30-,31?,36-,37+/m1/s1. The molecule has 2 fully saturated rings. The second kappa shape index (κ2) is 20.5. The van der Waals surface area contributed by atoms with Crippen LogP contribution in [0.15, 0.2) is 36.5 Å². The number of nitrogens with zero attached hydrogens (tertiary/aromatic N) is 3. The van der Waals surface area contributed by atoms with Gasteiger partial charge in [-0.25, -0.2) is 13.4 Å². The number of sulfonamides is 1. The summed E-state index contributed by atoms with van der Waals surface area (Å²) in [5.41, 5.74) is 3.01. The number of benzene rings is 1. The molecule has 3 aromatic rings. The van der Waals surface area contributed by atoms with E-state index >= 15 is 0 Å². The van der Waals surface area contributed by atoms with Gasteiger partial charge in [-0.3, -0.25) is 14.5 Å². The lowest BCUT2D eigenvalue weighted by Gasteiger charge is -2.25. The van der Waals surface area contributed by atoms with Crippen molar-refractivity contribution in [1.29, 1.82) is 0 Å². The molecule has 3 N–H and O–H groups in total. The molecule has 1 unspecified atom stereocenters. The molecule has 1 aliphatic carbocycles. The molecule has 3 heterocycles. The third kappa shape index (κ3) is 12.1. The summed E-state index contributed by atoms with van der Waals surface area (Å²) in [5, 5.41) is 15.6. The molecule has 4 atom stereocenters. The second-order valence-electron chi connectivity index (χ2n) is 13.8. The van der Waals surface area contributed by atoms with Crippen LogP contribution in [0.25, 0.3) is 10.9 Å². The molecule has 1 saturated carbocycles. The van der Waals surface area contributed by atoms with Gasteiger partial charge < -0.3 is 34.3 Å². The summed E-state index contributed by atoms with van der Waals surface area (Å²) in [6.07, 6.45) is 11.7. The van der Waals surface area contributed by atoms with Crippen molar-refractivity contribution in [2.24, 2.45) is 5.92 Å². The van der Waals surface area contributed by atoms with Gasteiger partial charge in [0.05, 0.1) is 75.9 Å². The average Bonchev–Trinajstić information content (AvgIpc) is 3.33. The largest absolute Gasteiger partial charge is 0.390 e. The highest BCUT2D eigenvalue weighted by molar-refractivity contribution is 7.92. The third-order valence-corrected chi connectivity index (χ3v) is 10.5. The van der Waals surface area contributed by atoms with E-state index in [9.17, 15) is 18.3 Å². The van der Waals surface area contributed by atoms with E-state index in [1.165, 1.54) is 6.07 Å². The Morgan fingerprint density at radius 2 is 1.70 bits per heavy atom. The van der Waals surface area contributed by atoms with Crippen LogP contribution in [0.5, 0.6) is 0 Å². The Hall–Kier alpha value is -3.39. The number of hydrogen-bond donors (Lipinski definition) is 3. The first-order valence-corrected chi connectivity index (χ1v) is 20.8. The van der Waals surface area contributed by atoms with E-state index in [2.05, 4.69) is 26.9 Å². The van der Waals surface area contributed by atoms with Gasteiger partial charge in [0.1, 0.15) is 12.4 Å². The van der Waals surface area contributed by atoms with Gasteiger partial charge in [0.2, 0.25) is 10.0 Å². The smallest absolute Gasteiger partial charge is 0.229 e. The van der Waals surface area contributed by atoms with Gasteiger partial charge in [-0.05, 0) is 55.7 Å². The van der Waals surface area contributed by atoms with Crippen LogP contribution in [0, 0.1) is 25.2 Å². The van der Waals surface area contributed by atoms with Crippen LogP contribution >= 0.6 is 11.6 Å². The highest BCUT2D eigenvalue weighted by Gasteiger charge is 2.35. The van der Waals surface area contributed by atoms with Crippen molar-refractivity contribution in [2.75, 3.05) is 88.4 Å². The first kappa shape index (κ1) is 41.8. The van der Waals surface area contributed by atoms with Crippen molar-refractivity contribution in [3.63, 3.8) is 0 Å². The number of ether oxygens (including phenoxy) is 4. The lowest BCUT2D eigenvalue weighted by molar-refractivity contribution is 0.00134. The minimum absolute atomic E-state index is 0.150. The summed E-state index contributed by atoms with van der Waals surface area (Å²) in [6, 6.07) is 8.54. The zero-order chi connectivity index (χ0) is 38.5. The van der Waals surface area contributed by atoms with Crippen molar-refractivity contribution >= 4 is 49.8 Å². The molecular weight excluding hydrogens is 734 g/mol. The maximum atomic E-state index is 14.2. The third-order valence-electron chi connectivity index (χ3n) is 9.70. The average molecular weight is 786 g/mol. The molecule has 2 aromatic heterocycles. The minimum Gasteiger partial charge on any atom is -0.390 e. The van der Waals surface area contributed by atoms with E-state index < -0.39 is 22.0 Å². The SMILES string of the molecule is C#CCOCCOCCOCCOCCN[C@@H]1CN(c2nc3cc([C@@H]4CCCCCC4C(=O)c4cc(Cl)ccc4NS(C)(=O)=O)ncc3cc2C)C[C@@H]1O. The zero-order valence-electron chi connectivity index (χ0n) is 31.1. The molecule has 1 saturated heterocycles. The molecule has 1 aromatic carbocycles. The van der Waals surface area contributed by atoms with Crippen molar-refractivity contribution in [2.45, 2.75) is 57.1 Å². The quantitative estimate of drug-likeness (QED) is 0.0644. The second-order valence-corrected chi connectivity index (χ2v) is 16.0. The van der Waals surface area contributed by atoms with Crippen molar-refractivity contribution in [3.8, 4) is 12.3 Å². The first-order chi connectivity index (χ1) is 26.0. The lowest BCUT2D eigenvalue weighted by Crippen LogP contribution is -2.40. The summed E-state index contributed by atoms with van der Waals surface area (Å²) in [5.74, 6) is 2.46. The van der Waals surface area contributed by atoms with Crippen LogP contribution in [0.2, 0.25) is 5.02 Å². The number of terminal acetylenes is 1. The number of fused-ring (bicyclic) bond motifs is 1. The summed E-state index contributed by atoms with van der Waals surface area (Å²) in [4.78, 5) is 26.2. The van der Waals surface area contributed by atoms with Gasteiger partial charge in [0.15, 0.2) is 5.78 Å². The number of carbonyl (C=O) groups excluding carboxylic acids is 1. The summed E-state index contributed by atoms with van der Waals surface area (Å²) in [6.45, 7) is 7.17. The number of aryl methyl sites for hydroxylation is 1. The predicted molar refractivity (Wildman–Crippen MR) is 210 cm³/mol. The molecule has 2 aliphatic rings. The van der Waals surface area contributed by atoms with Crippen LogP contribution in [-0.4, -0.2) is 120 Å². The number of rotatable bonds is 20. The van der Waals surface area contributed by atoms with Gasteiger partial charge in [-0.2, -0.15) is 0 Å². The molecule has 0 radical (unpaired) electrons. The molecule has 5 rings (SSSR count).